The minimum Gasteiger partial charge on any atom is -0.376 e. The number of hydrogen-bond donors (Lipinski definition) is 1. The number of nitrogens with one attached hydrogen (secondary N) is 1. The number of ether oxygens (including phenoxy) is 1. The average Bonchev–Trinajstić information content (AvgIpc) is 2.34. The first-order valence-corrected chi connectivity index (χ1v) is 5.66. The number of aromatic amines is 1. The van der Waals surface area contributed by atoms with Crippen LogP contribution in [0.3, 0.4) is 0 Å². The SMILES string of the molecule is O=c1c2c([nH]c3c(F)ccc(Cl)c13)CCOC2. The molecule has 0 spiro atoms. The molecule has 5 heteroatoms. The maximum Gasteiger partial charge on any atom is 0.196 e. The van der Waals surface area contributed by atoms with Crippen LogP contribution in [0.15, 0.2) is 16.9 Å². The Morgan fingerprint density at radius 2 is 2.24 bits per heavy atom. The van der Waals surface area contributed by atoms with E-state index < -0.39 is 5.82 Å². The van der Waals surface area contributed by atoms with E-state index in [1.807, 2.05) is 0 Å². The summed E-state index contributed by atoms with van der Waals surface area (Å²) >= 11 is 5.95. The number of benzene rings is 1. The summed E-state index contributed by atoms with van der Waals surface area (Å²) in [4.78, 5) is 15.2. The van der Waals surface area contributed by atoms with E-state index in [4.69, 9.17) is 16.3 Å². The maximum absolute atomic E-state index is 13.7. The summed E-state index contributed by atoms with van der Waals surface area (Å²) in [6, 6.07) is 2.65. The number of aromatic nitrogens is 1. The summed E-state index contributed by atoms with van der Waals surface area (Å²) in [5, 5.41) is 0.465. The largest absolute Gasteiger partial charge is 0.376 e. The molecule has 1 aliphatic heterocycles. The van der Waals surface area contributed by atoms with Crippen molar-refractivity contribution < 1.29 is 9.13 Å². The normalized spacial score (nSPS) is 14.9. The van der Waals surface area contributed by atoms with Gasteiger partial charge >= 0.3 is 0 Å². The number of halogens is 2. The second-order valence-corrected chi connectivity index (χ2v) is 4.40. The Labute approximate surface area is 101 Å². The summed E-state index contributed by atoms with van der Waals surface area (Å²) in [5.74, 6) is -0.462. The lowest BCUT2D eigenvalue weighted by Crippen LogP contribution is -2.22. The first-order chi connectivity index (χ1) is 8.18. The van der Waals surface area contributed by atoms with E-state index >= 15 is 0 Å². The van der Waals surface area contributed by atoms with Crippen LogP contribution in [0.4, 0.5) is 4.39 Å². The summed E-state index contributed by atoms with van der Waals surface area (Å²) in [6.45, 7) is 0.796. The molecule has 2 heterocycles. The fourth-order valence-electron chi connectivity index (χ4n) is 2.12. The quantitative estimate of drug-likeness (QED) is 0.783. The lowest BCUT2D eigenvalue weighted by atomic mass is 10.1. The first kappa shape index (κ1) is 10.7. The number of rotatable bonds is 0. The summed E-state index contributed by atoms with van der Waals surface area (Å²) in [7, 11) is 0. The molecule has 88 valence electrons. The average molecular weight is 254 g/mol. The van der Waals surface area contributed by atoms with Gasteiger partial charge in [-0.1, -0.05) is 11.6 Å². The molecular formula is C12H9ClFNO2. The van der Waals surface area contributed by atoms with Crippen molar-refractivity contribution in [2.45, 2.75) is 13.0 Å². The fourth-order valence-corrected chi connectivity index (χ4v) is 2.37. The van der Waals surface area contributed by atoms with Crippen LogP contribution in [-0.2, 0) is 17.8 Å². The molecule has 3 rings (SSSR count). The second kappa shape index (κ2) is 3.82. The van der Waals surface area contributed by atoms with Gasteiger partial charge < -0.3 is 9.72 Å². The zero-order chi connectivity index (χ0) is 12.0. The van der Waals surface area contributed by atoms with Gasteiger partial charge in [-0.15, -0.1) is 0 Å². The molecule has 1 aromatic heterocycles. The van der Waals surface area contributed by atoms with Crippen molar-refractivity contribution in [3.05, 3.63) is 44.5 Å². The molecule has 3 nitrogen and oxygen atoms in total. The zero-order valence-electron chi connectivity index (χ0n) is 8.85. The monoisotopic (exact) mass is 253 g/mol. The van der Waals surface area contributed by atoms with Gasteiger partial charge in [0, 0.05) is 17.7 Å². The van der Waals surface area contributed by atoms with E-state index in [-0.39, 0.29) is 28.0 Å². The minimum atomic E-state index is -0.462. The third-order valence-corrected chi connectivity index (χ3v) is 3.30. The topological polar surface area (TPSA) is 42.1 Å². The van der Waals surface area contributed by atoms with Crippen LogP contribution in [0.1, 0.15) is 11.3 Å². The molecule has 1 aliphatic rings. The van der Waals surface area contributed by atoms with Crippen molar-refractivity contribution in [2.24, 2.45) is 0 Å². The number of H-pyrrole nitrogens is 1. The number of pyridine rings is 1. The summed E-state index contributed by atoms with van der Waals surface area (Å²) in [5.41, 5.74) is 1.24. The molecule has 0 saturated heterocycles. The lowest BCUT2D eigenvalue weighted by Gasteiger charge is -2.17. The highest BCUT2D eigenvalue weighted by Crippen LogP contribution is 2.24. The van der Waals surface area contributed by atoms with Crippen molar-refractivity contribution in [3.63, 3.8) is 0 Å². The predicted molar refractivity (Wildman–Crippen MR) is 62.9 cm³/mol. The molecule has 0 fully saturated rings. The van der Waals surface area contributed by atoms with Gasteiger partial charge in [0.25, 0.3) is 0 Å². The molecule has 0 amide bonds. The Hall–Kier alpha value is -1.39. The smallest absolute Gasteiger partial charge is 0.196 e. The van der Waals surface area contributed by atoms with Crippen molar-refractivity contribution in [1.82, 2.24) is 4.98 Å². The lowest BCUT2D eigenvalue weighted by molar-refractivity contribution is 0.108. The fraction of sp³-hybridized carbons (Fsp3) is 0.250. The van der Waals surface area contributed by atoms with Gasteiger partial charge in [-0.3, -0.25) is 4.79 Å². The van der Waals surface area contributed by atoms with Crippen molar-refractivity contribution in [1.29, 1.82) is 0 Å². The van der Waals surface area contributed by atoms with E-state index in [9.17, 15) is 9.18 Å². The molecule has 0 aliphatic carbocycles. The van der Waals surface area contributed by atoms with Crippen LogP contribution in [0.5, 0.6) is 0 Å². The van der Waals surface area contributed by atoms with Gasteiger partial charge in [0.15, 0.2) is 5.43 Å². The zero-order valence-corrected chi connectivity index (χ0v) is 9.60. The van der Waals surface area contributed by atoms with Gasteiger partial charge in [0.05, 0.1) is 29.1 Å². The molecule has 0 radical (unpaired) electrons. The minimum absolute atomic E-state index is 0.183. The van der Waals surface area contributed by atoms with Gasteiger partial charge in [-0.05, 0) is 12.1 Å². The van der Waals surface area contributed by atoms with E-state index in [0.717, 1.165) is 5.69 Å². The standard InChI is InChI=1S/C12H9ClFNO2/c13-7-1-2-8(14)11-10(7)12(16)6-5-17-4-3-9(6)15-11/h1-2H,3-5H2,(H,15,16). The summed E-state index contributed by atoms with van der Waals surface area (Å²) < 4.78 is 18.9. The van der Waals surface area contributed by atoms with Crippen LogP contribution in [0.2, 0.25) is 5.02 Å². The van der Waals surface area contributed by atoms with E-state index in [0.29, 0.717) is 18.6 Å². The third-order valence-electron chi connectivity index (χ3n) is 2.99. The van der Waals surface area contributed by atoms with E-state index in [2.05, 4.69) is 4.98 Å². The third kappa shape index (κ3) is 1.56. The molecule has 0 unspecified atom stereocenters. The first-order valence-electron chi connectivity index (χ1n) is 5.28. The van der Waals surface area contributed by atoms with Gasteiger partial charge in [0.1, 0.15) is 5.82 Å². The van der Waals surface area contributed by atoms with Crippen LogP contribution < -0.4 is 5.43 Å². The van der Waals surface area contributed by atoms with Crippen LogP contribution in [0.25, 0.3) is 10.9 Å². The Bertz CT molecular complexity index is 666. The molecule has 0 atom stereocenters. The molecule has 17 heavy (non-hydrogen) atoms. The molecule has 1 aromatic carbocycles. The van der Waals surface area contributed by atoms with Gasteiger partial charge in [-0.25, -0.2) is 4.39 Å². The van der Waals surface area contributed by atoms with Crippen molar-refractivity contribution in [2.75, 3.05) is 6.61 Å². The predicted octanol–water partition coefficient (Wildman–Crippen LogP) is 2.39. The summed E-state index contributed by atoms with van der Waals surface area (Å²) in [6.07, 6.45) is 0.590. The van der Waals surface area contributed by atoms with Gasteiger partial charge in [0.2, 0.25) is 0 Å². The van der Waals surface area contributed by atoms with Gasteiger partial charge in [-0.2, -0.15) is 0 Å². The highest BCUT2D eigenvalue weighted by Gasteiger charge is 2.19. The second-order valence-electron chi connectivity index (χ2n) is 3.99. The number of fused-ring (bicyclic) bond motifs is 2. The van der Waals surface area contributed by atoms with Crippen molar-refractivity contribution in [3.8, 4) is 0 Å². The Morgan fingerprint density at radius 1 is 1.41 bits per heavy atom. The Kier molecular flexibility index (Phi) is 2.42. The molecule has 2 aromatic rings. The van der Waals surface area contributed by atoms with Crippen LogP contribution in [0, 0.1) is 5.82 Å². The van der Waals surface area contributed by atoms with E-state index in [1.54, 1.807) is 0 Å². The molecule has 0 bridgehead atoms. The molecule has 0 saturated carbocycles. The van der Waals surface area contributed by atoms with E-state index in [1.165, 1.54) is 12.1 Å². The maximum atomic E-state index is 13.7. The van der Waals surface area contributed by atoms with Crippen LogP contribution in [-0.4, -0.2) is 11.6 Å². The Morgan fingerprint density at radius 3 is 3.06 bits per heavy atom. The molecular weight excluding hydrogens is 245 g/mol. The molecule has 1 N–H and O–H groups in total. The number of hydrogen-bond acceptors (Lipinski definition) is 2. The van der Waals surface area contributed by atoms with Crippen molar-refractivity contribution >= 4 is 22.5 Å². The highest BCUT2D eigenvalue weighted by molar-refractivity contribution is 6.35. The highest BCUT2D eigenvalue weighted by atomic mass is 35.5. The van der Waals surface area contributed by atoms with Crippen LogP contribution >= 0.6 is 11.6 Å². The Balaban J connectivity index is 2.48.